The number of nitrogens with one attached hydrogen (secondary N) is 1. The monoisotopic (exact) mass is 494 g/mol. The summed E-state index contributed by atoms with van der Waals surface area (Å²) in [7, 11) is 0. The van der Waals surface area contributed by atoms with Gasteiger partial charge < -0.3 is 14.6 Å². The topological polar surface area (TPSA) is 62.6 Å². The number of furan rings is 1. The summed E-state index contributed by atoms with van der Waals surface area (Å²) < 4.78 is 61.6. The van der Waals surface area contributed by atoms with Crippen molar-refractivity contribution in [2.75, 3.05) is 4.90 Å². The van der Waals surface area contributed by atoms with Crippen molar-refractivity contribution in [1.82, 2.24) is 5.32 Å². The molecule has 3 heterocycles. The second-order valence-electron chi connectivity index (χ2n) is 9.51. The summed E-state index contributed by atoms with van der Waals surface area (Å²) in [5, 5.41) is 3.03. The van der Waals surface area contributed by atoms with Gasteiger partial charge in [-0.25, -0.2) is 17.6 Å². The molecule has 0 spiro atoms. The second kappa shape index (κ2) is 7.43. The minimum atomic E-state index is -1.05. The number of anilines is 1. The summed E-state index contributed by atoms with van der Waals surface area (Å²) in [4.78, 5) is 27.9. The fourth-order valence-electron chi connectivity index (χ4n) is 5.13. The minimum Gasteiger partial charge on any atom is -0.459 e. The molecule has 9 heteroatoms. The van der Waals surface area contributed by atoms with Gasteiger partial charge in [0.15, 0.2) is 11.6 Å². The van der Waals surface area contributed by atoms with E-state index in [4.69, 9.17) is 4.42 Å². The molecule has 0 unspecified atom stereocenters. The maximum atomic E-state index is 14.8. The van der Waals surface area contributed by atoms with Crippen molar-refractivity contribution in [3.05, 3.63) is 88.2 Å². The first-order valence-electron chi connectivity index (χ1n) is 11.2. The van der Waals surface area contributed by atoms with Crippen LogP contribution in [-0.2, 0) is 23.3 Å². The molecule has 0 bridgehead atoms. The van der Waals surface area contributed by atoms with Crippen molar-refractivity contribution in [3.63, 3.8) is 0 Å². The van der Waals surface area contributed by atoms with Gasteiger partial charge in [0, 0.05) is 34.2 Å². The Balaban J connectivity index is 1.42. The molecule has 1 N–H and O–H groups in total. The quantitative estimate of drug-likeness (QED) is 0.371. The Morgan fingerprint density at radius 3 is 2.56 bits per heavy atom. The molecule has 3 aromatic carbocycles. The van der Waals surface area contributed by atoms with Crippen molar-refractivity contribution in [3.8, 4) is 11.1 Å². The number of benzene rings is 3. The fraction of sp³-hybridized carbons (Fsp3) is 0.185. The molecule has 182 valence electrons. The molecule has 0 atom stereocenters. The maximum Gasteiger partial charge on any atom is 0.252 e. The smallest absolute Gasteiger partial charge is 0.252 e. The van der Waals surface area contributed by atoms with Crippen molar-refractivity contribution in [2.45, 2.75) is 32.4 Å². The van der Waals surface area contributed by atoms with Gasteiger partial charge >= 0.3 is 0 Å². The molecule has 6 rings (SSSR count). The third-order valence-electron chi connectivity index (χ3n) is 6.92. The van der Waals surface area contributed by atoms with E-state index in [1.165, 1.54) is 23.1 Å². The lowest BCUT2D eigenvalue weighted by Crippen LogP contribution is -2.37. The van der Waals surface area contributed by atoms with Gasteiger partial charge in [-0.1, -0.05) is 6.07 Å². The largest absolute Gasteiger partial charge is 0.459 e. The maximum absolute atomic E-state index is 14.8. The van der Waals surface area contributed by atoms with E-state index in [2.05, 4.69) is 5.32 Å². The lowest BCUT2D eigenvalue weighted by atomic mass is 9.82. The molecule has 0 saturated carbocycles. The average molecular weight is 494 g/mol. The minimum absolute atomic E-state index is 0.0686. The molecule has 5 nitrogen and oxygen atoms in total. The Bertz CT molecular complexity index is 1600. The number of carbonyl (C=O) groups is 2. The standard InChI is InChI=1S/C27H18F4N2O3/c1-27(2)18-4-3-15(25(34)32-10-14-5-12-6-20(30)21(31)9-22(12)36-14)23-16-7-13(28)8-19(29)17(16)11-33(24(18)23)26(27)35/h3-9H,10-11H2,1-2H3,(H,32,34). The average Bonchev–Trinajstić information content (AvgIpc) is 3.30. The highest BCUT2D eigenvalue weighted by molar-refractivity contribution is 6.16. The molecule has 2 aliphatic heterocycles. The number of rotatable bonds is 3. The van der Waals surface area contributed by atoms with Crippen molar-refractivity contribution >= 4 is 28.5 Å². The third kappa shape index (κ3) is 3.08. The van der Waals surface area contributed by atoms with Gasteiger partial charge in [0.05, 0.1) is 24.2 Å². The van der Waals surface area contributed by atoms with Crippen LogP contribution in [0.25, 0.3) is 22.1 Å². The van der Waals surface area contributed by atoms with Crippen LogP contribution < -0.4 is 10.2 Å². The van der Waals surface area contributed by atoms with Gasteiger partial charge in [0.1, 0.15) is 23.0 Å². The Hall–Kier alpha value is -4.14. The molecular weight excluding hydrogens is 476 g/mol. The van der Waals surface area contributed by atoms with Crippen LogP contribution in [0.15, 0.2) is 46.9 Å². The van der Waals surface area contributed by atoms with Gasteiger partial charge in [-0.2, -0.15) is 0 Å². The van der Waals surface area contributed by atoms with Gasteiger partial charge in [-0.05, 0) is 49.2 Å². The third-order valence-corrected chi connectivity index (χ3v) is 6.92. The van der Waals surface area contributed by atoms with E-state index in [1.807, 2.05) is 0 Å². The molecule has 1 aromatic heterocycles. The van der Waals surface area contributed by atoms with E-state index < -0.39 is 34.6 Å². The van der Waals surface area contributed by atoms with Crippen LogP contribution in [0.5, 0.6) is 0 Å². The summed E-state index contributed by atoms with van der Waals surface area (Å²) >= 11 is 0. The highest BCUT2D eigenvalue weighted by atomic mass is 19.2. The lowest BCUT2D eigenvalue weighted by Gasteiger charge is -2.29. The van der Waals surface area contributed by atoms with E-state index in [0.717, 1.165) is 18.2 Å². The molecule has 0 fully saturated rings. The number of hydrogen-bond donors (Lipinski definition) is 1. The number of halogens is 4. The van der Waals surface area contributed by atoms with Gasteiger partial charge in [-0.15, -0.1) is 0 Å². The van der Waals surface area contributed by atoms with E-state index in [1.54, 1.807) is 19.9 Å². The first-order valence-corrected chi connectivity index (χ1v) is 11.2. The van der Waals surface area contributed by atoms with Gasteiger partial charge in [0.25, 0.3) is 5.91 Å². The number of nitrogens with zero attached hydrogens (tertiary/aromatic N) is 1. The van der Waals surface area contributed by atoms with Crippen LogP contribution in [0.2, 0.25) is 0 Å². The van der Waals surface area contributed by atoms with E-state index in [9.17, 15) is 27.2 Å². The zero-order valence-electron chi connectivity index (χ0n) is 19.1. The lowest BCUT2D eigenvalue weighted by molar-refractivity contribution is -0.122. The first kappa shape index (κ1) is 22.3. The Morgan fingerprint density at radius 1 is 1.03 bits per heavy atom. The summed E-state index contributed by atoms with van der Waals surface area (Å²) in [6, 6.07) is 8.54. The second-order valence-corrected chi connectivity index (χ2v) is 9.51. The normalized spacial score (nSPS) is 15.3. The van der Waals surface area contributed by atoms with Crippen LogP contribution in [-0.4, -0.2) is 11.8 Å². The number of hydrogen-bond acceptors (Lipinski definition) is 3. The van der Waals surface area contributed by atoms with Crippen LogP contribution in [0.3, 0.4) is 0 Å². The molecule has 0 saturated heterocycles. The van der Waals surface area contributed by atoms with Crippen LogP contribution >= 0.6 is 0 Å². The van der Waals surface area contributed by atoms with Crippen LogP contribution in [0.4, 0.5) is 23.2 Å². The Labute approximate surface area is 202 Å². The van der Waals surface area contributed by atoms with E-state index >= 15 is 0 Å². The van der Waals surface area contributed by atoms with Gasteiger partial charge in [0.2, 0.25) is 5.91 Å². The Morgan fingerprint density at radius 2 is 1.78 bits per heavy atom. The molecule has 36 heavy (non-hydrogen) atoms. The van der Waals surface area contributed by atoms with Crippen LogP contribution in [0, 0.1) is 23.3 Å². The molecule has 2 amide bonds. The summed E-state index contributed by atoms with van der Waals surface area (Å²) in [6.45, 7) is 3.32. The molecule has 4 aromatic rings. The molecule has 0 aliphatic carbocycles. The zero-order valence-corrected chi connectivity index (χ0v) is 19.1. The highest BCUT2D eigenvalue weighted by Crippen LogP contribution is 2.52. The Kier molecular flexibility index (Phi) is 4.61. The zero-order chi connectivity index (χ0) is 25.5. The fourth-order valence-corrected chi connectivity index (χ4v) is 5.13. The SMILES string of the molecule is CC1(C)C(=O)N2Cc3c(F)cc(F)cc3-c3c(C(=O)NCc4cc5cc(F)c(F)cc5o4)ccc1c32. The highest BCUT2D eigenvalue weighted by Gasteiger charge is 2.48. The number of fused-ring (bicyclic) bond motifs is 3. The van der Waals surface area contributed by atoms with Crippen molar-refractivity contribution < 1.29 is 31.6 Å². The van der Waals surface area contributed by atoms with Gasteiger partial charge in [-0.3, -0.25) is 9.59 Å². The van der Waals surface area contributed by atoms with E-state index in [-0.39, 0.29) is 52.6 Å². The molecular formula is C27H18F4N2O3. The summed E-state index contributed by atoms with van der Waals surface area (Å²) in [5.41, 5.74) is 1.09. The molecule has 2 aliphatic rings. The predicted octanol–water partition coefficient (Wildman–Crippen LogP) is 5.72. The number of carbonyl (C=O) groups excluding carboxylic acids is 2. The van der Waals surface area contributed by atoms with Crippen molar-refractivity contribution in [2.24, 2.45) is 0 Å². The number of amides is 2. The first-order chi connectivity index (χ1) is 17.1. The van der Waals surface area contributed by atoms with Crippen LogP contribution in [0.1, 0.15) is 41.1 Å². The predicted molar refractivity (Wildman–Crippen MR) is 123 cm³/mol. The summed E-state index contributed by atoms with van der Waals surface area (Å²) in [5.74, 6) is -4.22. The molecule has 0 radical (unpaired) electrons. The van der Waals surface area contributed by atoms with E-state index in [0.29, 0.717) is 16.6 Å². The summed E-state index contributed by atoms with van der Waals surface area (Å²) in [6.07, 6.45) is 0. The van der Waals surface area contributed by atoms with Crippen molar-refractivity contribution in [1.29, 1.82) is 0 Å².